The van der Waals surface area contributed by atoms with Gasteiger partial charge in [0.25, 0.3) is 5.69 Å². The van der Waals surface area contributed by atoms with E-state index in [-0.39, 0.29) is 17.9 Å². The SMILES string of the molecule is O=C(O)[C@H]1C[C@H]1C(=O)Nc1ccc(O)cc1[N+](=O)[O-]. The lowest BCUT2D eigenvalue weighted by molar-refractivity contribution is -0.384. The highest BCUT2D eigenvalue weighted by molar-refractivity contribution is 5.99. The van der Waals surface area contributed by atoms with Crippen LogP contribution in [0.15, 0.2) is 18.2 Å². The molecule has 0 unspecified atom stereocenters. The summed E-state index contributed by atoms with van der Waals surface area (Å²) in [7, 11) is 0. The number of anilines is 1. The quantitative estimate of drug-likeness (QED) is 0.422. The third kappa shape index (κ3) is 2.62. The number of carbonyl (C=O) groups is 2. The Labute approximate surface area is 106 Å². The number of hydrogen-bond acceptors (Lipinski definition) is 5. The second-order valence-corrected chi connectivity index (χ2v) is 4.23. The number of aliphatic carboxylic acids is 1. The molecule has 0 aromatic heterocycles. The molecule has 1 aromatic rings. The first-order valence-electron chi connectivity index (χ1n) is 5.41. The van der Waals surface area contributed by atoms with Crippen LogP contribution in [0.25, 0.3) is 0 Å². The molecule has 0 radical (unpaired) electrons. The summed E-state index contributed by atoms with van der Waals surface area (Å²) >= 11 is 0. The van der Waals surface area contributed by atoms with Crippen molar-refractivity contribution in [3.05, 3.63) is 28.3 Å². The van der Waals surface area contributed by atoms with Gasteiger partial charge in [-0.25, -0.2) is 0 Å². The van der Waals surface area contributed by atoms with Crippen LogP contribution < -0.4 is 5.32 Å². The number of carbonyl (C=O) groups excluding carboxylic acids is 1. The van der Waals surface area contributed by atoms with Gasteiger partial charge in [-0.15, -0.1) is 0 Å². The Morgan fingerprint density at radius 3 is 2.58 bits per heavy atom. The lowest BCUT2D eigenvalue weighted by Crippen LogP contribution is -2.17. The van der Waals surface area contributed by atoms with Crippen LogP contribution in [0.2, 0.25) is 0 Å². The number of nitrogens with zero attached hydrogens (tertiary/aromatic N) is 1. The number of phenolic OH excluding ortho intramolecular Hbond substituents is 1. The monoisotopic (exact) mass is 266 g/mol. The van der Waals surface area contributed by atoms with E-state index in [1.807, 2.05) is 0 Å². The third-order valence-electron chi connectivity index (χ3n) is 2.88. The minimum Gasteiger partial charge on any atom is -0.508 e. The van der Waals surface area contributed by atoms with Crippen LogP contribution in [-0.2, 0) is 9.59 Å². The molecule has 0 heterocycles. The number of carboxylic acids is 1. The molecule has 8 nitrogen and oxygen atoms in total. The van der Waals surface area contributed by atoms with Crippen molar-refractivity contribution in [2.45, 2.75) is 6.42 Å². The van der Waals surface area contributed by atoms with Crippen molar-refractivity contribution >= 4 is 23.3 Å². The van der Waals surface area contributed by atoms with E-state index in [1.54, 1.807) is 0 Å². The van der Waals surface area contributed by atoms with E-state index < -0.39 is 34.3 Å². The van der Waals surface area contributed by atoms with Crippen LogP contribution in [0.1, 0.15) is 6.42 Å². The zero-order valence-corrected chi connectivity index (χ0v) is 9.57. The Morgan fingerprint density at radius 2 is 2.05 bits per heavy atom. The summed E-state index contributed by atoms with van der Waals surface area (Å²) < 4.78 is 0. The fraction of sp³-hybridized carbons (Fsp3) is 0.273. The Morgan fingerprint density at radius 1 is 1.37 bits per heavy atom. The van der Waals surface area contributed by atoms with Gasteiger partial charge in [0.2, 0.25) is 5.91 Å². The number of hydrogen-bond donors (Lipinski definition) is 3. The zero-order valence-electron chi connectivity index (χ0n) is 9.57. The Balaban J connectivity index is 2.14. The van der Waals surface area contributed by atoms with Gasteiger partial charge in [0.1, 0.15) is 11.4 Å². The van der Waals surface area contributed by atoms with Crippen LogP contribution in [0.3, 0.4) is 0 Å². The highest BCUT2D eigenvalue weighted by atomic mass is 16.6. The number of nitro groups is 1. The third-order valence-corrected chi connectivity index (χ3v) is 2.88. The fourth-order valence-electron chi connectivity index (χ4n) is 1.76. The van der Waals surface area contributed by atoms with Crippen LogP contribution in [0, 0.1) is 22.0 Å². The molecular weight excluding hydrogens is 256 g/mol. The number of amides is 1. The summed E-state index contributed by atoms with van der Waals surface area (Å²) in [6, 6.07) is 3.31. The van der Waals surface area contributed by atoms with Gasteiger partial charge in [-0.2, -0.15) is 0 Å². The van der Waals surface area contributed by atoms with E-state index in [4.69, 9.17) is 10.2 Å². The number of phenols is 1. The number of nitrogens with one attached hydrogen (secondary N) is 1. The maximum Gasteiger partial charge on any atom is 0.307 e. The number of carboxylic acid groups (broad SMARTS) is 1. The van der Waals surface area contributed by atoms with E-state index in [0.717, 1.165) is 6.07 Å². The van der Waals surface area contributed by atoms with Gasteiger partial charge in [0.15, 0.2) is 0 Å². The van der Waals surface area contributed by atoms with Crippen molar-refractivity contribution in [1.82, 2.24) is 0 Å². The molecule has 2 rings (SSSR count). The predicted octanol–water partition coefficient (Wildman–Crippen LogP) is 0.960. The molecule has 19 heavy (non-hydrogen) atoms. The van der Waals surface area contributed by atoms with Gasteiger partial charge in [0, 0.05) is 0 Å². The largest absolute Gasteiger partial charge is 0.508 e. The Hall–Kier alpha value is -2.64. The number of benzene rings is 1. The first kappa shape index (κ1) is 12.8. The van der Waals surface area contributed by atoms with Gasteiger partial charge >= 0.3 is 5.97 Å². The van der Waals surface area contributed by atoms with Crippen molar-refractivity contribution in [3.63, 3.8) is 0 Å². The molecular formula is C11H10N2O6. The lowest BCUT2D eigenvalue weighted by Gasteiger charge is -2.05. The summed E-state index contributed by atoms with van der Waals surface area (Å²) in [5.41, 5.74) is -0.510. The minimum absolute atomic E-state index is 0.0659. The van der Waals surface area contributed by atoms with Crippen molar-refractivity contribution in [1.29, 1.82) is 0 Å². The second kappa shape index (κ2) is 4.56. The summed E-state index contributed by atoms with van der Waals surface area (Å²) in [6.07, 6.45) is 0.229. The van der Waals surface area contributed by atoms with E-state index >= 15 is 0 Å². The maximum absolute atomic E-state index is 11.7. The van der Waals surface area contributed by atoms with Crippen molar-refractivity contribution in [2.75, 3.05) is 5.32 Å². The average Bonchev–Trinajstić information content (AvgIpc) is 3.11. The molecule has 1 saturated carbocycles. The number of nitro benzene ring substituents is 1. The molecule has 1 fully saturated rings. The second-order valence-electron chi connectivity index (χ2n) is 4.23. The van der Waals surface area contributed by atoms with Crippen molar-refractivity contribution in [3.8, 4) is 5.75 Å². The molecule has 1 amide bonds. The standard InChI is InChI=1S/C11H10N2O6/c14-5-1-2-8(9(3-5)13(18)19)12-10(15)6-4-7(6)11(16)17/h1-3,6-7,14H,4H2,(H,12,15)(H,16,17)/t6-,7+/m1/s1. The Kier molecular flexibility index (Phi) is 3.07. The Bertz CT molecular complexity index is 570. The maximum atomic E-state index is 11.7. The first-order valence-corrected chi connectivity index (χ1v) is 5.41. The molecule has 0 saturated heterocycles. The van der Waals surface area contributed by atoms with E-state index in [9.17, 15) is 19.7 Å². The van der Waals surface area contributed by atoms with Crippen LogP contribution >= 0.6 is 0 Å². The summed E-state index contributed by atoms with van der Waals surface area (Å²) in [5, 5.41) is 30.9. The smallest absolute Gasteiger partial charge is 0.307 e. The molecule has 0 bridgehead atoms. The average molecular weight is 266 g/mol. The normalized spacial score (nSPS) is 20.6. The van der Waals surface area contributed by atoms with E-state index in [2.05, 4.69) is 5.32 Å². The molecule has 3 N–H and O–H groups in total. The van der Waals surface area contributed by atoms with Crippen molar-refractivity contribution < 1.29 is 24.7 Å². The number of rotatable bonds is 4. The van der Waals surface area contributed by atoms with Gasteiger partial charge < -0.3 is 15.5 Å². The molecule has 1 aromatic carbocycles. The molecule has 2 atom stereocenters. The topological polar surface area (TPSA) is 130 Å². The lowest BCUT2D eigenvalue weighted by atomic mass is 10.2. The van der Waals surface area contributed by atoms with Gasteiger partial charge in [0.05, 0.1) is 22.8 Å². The van der Waals surface area contributed by atoms with Gasteiger partial charge in [-0.3, -0.25) is 19.7 Å². The molecule has 8 heteroatoms. The van der Waals surface area contributed by atoms with Crippen LogP contribution in [-0.4, -0.2) is 27.0 Å². The highest BCUT2D eigenvalue weighted by Gasteiger charge is 2.48. The zero-order chi connectivity index (χ0) is 14.2. The van der Waals surface area contributed by atoms with E-state index in [0.29, 0.717) is 0 Å². The van der Waals surface area contributed by atoms with Gasteiger partial charge in [-0.05, 0) is 18.6 Å². The summed E-state index contributed by atoms with van der Waals surface area (Å²) in [4.78, 5) is 32.3. The van der Waals surface area contributed by atoms with Crippen LogP contribution in [0.5, 0.6) is 5.75 Å². The van der Waals surface area contributed by atoms with Crippen molar-refractivity contribution in [2.24, 2.45) is 11.8 Å². The number of aromatic hydroxyl groups is 1. The molecule has 1 aliphatic rings. The summed E-state index contributed by atoms with van der Waals surface area (Å²) in [5.74, 6) is -3.30. The van der Waals surface area contributed by atoms with Crippen LogP contribution in [0.4, 0.5) is 11.4 Å². The molecule has 100 valence electrons. The van der Waals surface area contributed by atoms with E-state index in [1.165, 1.54) is 12.1 Å². The minimum atomic E-state index is -1.06. The fourth-order valence-corrected chi connectivity index (χ4v) is 1.76. The first-order chi connectivity index (χ1) is 8.90. The molecule has 0 aliphatic heterocycles. The summed E-state index contributed by atoms with van der Waals surface area (Å²) in [6.45, 7) is 0. The predicted molar refractivity (Wildman–Crippen MR) is 62.6 cm³/mol. The molecule has 0 spiro atoms. The molecule has 1 aliphatic carbocycles. The van der Waals surface area contributed by atoms with Gasteiger partial charge in [-0.1, -0.05) is 0 Å². The highest BCUT2D eigenvalue weighted by Crippen LogP contribution is 2.40.